The summed E-state index contributed by atoms with van der Waals surface area (Å²) in [6.45, 7) is 5.14. The zero-order chi connectivity index (χ0) is 13.9. The minimum atomic E-state index is -0.540. The maximum Gasteiger partial charge on any atom is 0.312 e. The van der Waals surface area contributed by atoms with Gasteiger partial charge >= 0.3 is 5.69 Å². The van der Waals surface area contributed by atoms with Crippen molar-refractivity contribution in [1.82, 2.24) is 0 Å². The normalized spacial score (nSPS) is 11.1. The van der Waals surface area contributed by atoms with E-state index in [1.807, 2.05) is 0 Å². The number of hydrogen-bond acceptors (Lipinski definition) is 4. The van der Waals surface area contributed by atoms with Gasteiger partial charge in [-0.3, -0.25) is 14.9 Å². The molecule has 0 spiro atoms. The van der Waals surface area contributed by atoms with E-state index in [0.29, 0.717) is 4.47 Å². The first-order valence-electron chi connectivity index (χ1n) is 5.32. The first-order valence-corrected chi connectivity index (χ1v) is 6.11. The first-order chi connectivity index (χ1) is 8.21. The average Bonchev–Trinajstić information content (AvgIpc) is 2.25. The molecular formula is C12H14BrNO4. The lowest BCUT2D eigenvalue weighted by Crippen LogP contribution is -2.26. The van der Waals surface area contributed by atoms with Crippen LogP contribution in [0.15, 0.2) is 22.7 Å². The highest BCUT2D eigenvalue weighted by Gasteiger charge is 2.23. The van der Waals surface area contributed by atoms with Gasteiger partial charge in [-0.05, 0) is 12.1 Å². The molecule has 0 N–H and O–H groups in total. The second-order valence-corrected chi connectivity index (χ2v) is 5.75. The van der Waals surface area contributed by atoms with Crippen molar-refractivity contribution in [3.8, 4) is 5.75 Å². The third-order valence-corrected chi connectivity index (χ3v) is 2.81. The number of carbonyl (C=O) groups excluding carboxylic acids is 1. The number of rotatable bonds is 4. The third-order valence-electron chi connectivity index (χ3n) is 2.31. The molecule has 0 aromatic heterocycles. The molecule has 0 fully saturated rings. The molecular weight excluding hydrogens is 302 g/mol. The largest absolute Gasteiger partial charge is 0.479 e. The highest BCUT2D eigenvalue weighted by Crippen LogP contribution is 2.30. The molecule has 0 aliphatic carbocycles. The van der Waals surface area contributed by atoms with Gasteiger partial charge < -0.3 is 4.74 Å². The van der Waals surface area contributed by atoms with Crippen molar-refractivity contribution < 1.29 is 14.5 Å². The summed E-state index contributed by atoms with van der Waals surface area (Å²) >= 11 is 3.15. The molecule has 0 atom stereocenters. The van der Waals surface area contributed by atoms with E-state index >= 15 is 0 Å². The highest BCUT2D eigenvalue weighted by atomic mass is 79.9. The van der Waals surface area contributed by atoms with Crippen LogP contribution in [-0.2, 0) is 4.79 Å². The van der Waals surface area contributed by atoms with Crippen LogP contribution in [0.5, 0.6) is 5.75 Å². The van der Waals surface area contributed by atoms with Gasteiger partial charge in [0.05, 0.1) is 4.92 Å². The van der Waals surface area contributed by atoms with Crippen LogP contribution in [-0.4, -0.2) is 17.3 Å². The number of ether oxygens (including phenoxy) is 1. The van der Waals surface area contributed by atoms with Gasteiger partial charge in [-0.1, -0.05) is 36.7 Å². The van der Waals surface area contributed by atoms with E-state index in [0.717, 1.165) is 0 Å². The van der Waals surface area contributed by atoms with E-state index < -0.39 is 10.3 Å². The fraction of sp³-hybridized carbons (Fsp3) is 0.417. The van der Waals surface area contributed by atoms with Crippen LogP contribution in [0.3, 0.4) is 0 Å². The molecule has 0 saturated heterocycles. The van der Waals surface area contributed by atoms with Crippen LogP contribution in [0.1, 0.15) is 20.8 Å². The lowest BCUT2D eigenvalue weighted by molar-refractivity contribution is -0.385. The molecule has 0 aliphatic heterocycles. The van der Waals surface area contributed by atoms with Crippen molar-refractivity contribution in [3.05, 3.63) is 32.8 Å². The quantitative estimate of drug-likeness (QED) is 0.631. The summed E-state index contributed by atoms with van der Waals surface area (Å²) in [5, 5.41) is 10.8. The van der Waals surface area contributed by atoms with Crippen LogP contribution in [0, 0.1) is 15.5 Å². The fourth-order valence-corrected chi connectivity index (χ4v) is 1.46. The Labute approximate surface area is 113 Å². The minimum Gasteiger partial charge on any atom is -0.479 e. The zero-order valence-electron chi connectivity index (χ0n) is 10.4. The average molecular weight is 316 g/mol. The molecule has 1 rings (SSSR count). The summed E-state index contributed by atoms with van der Waals surface area (Å²) in [4.78, 5) is 22.0. The van der Waals surface area contributed by atoms with E-state index in [2.05, 4.69) is 15.9 Å². The molecule has 98 valence electrons. The van der Waals surface area contributed by atoms with Crippen LogP contribution in [0.4, 0.5) is 5.69 Å². The smallest absolute Gasteiger partial charge is 0.312 e. The summed E-state index contributed by atoms with van der Waals surface area (Å²) in [7, 11) is 0. The Kier molecular flexibility index (Phi) is 4.45. The second-order valence-electron chi connectivity index (χ2n) is 4.83. The van der Waals surface area contributed by atoms with Crippen molar-refractivity contribution in [2.24, 2.45) is 5.41 Å². The summed E-state index contributed by atoms with van der Waals surface area (Å²) in [6.07, 6.45) is 0. The van der Waals surface area contributed by atoms with E-state index in [1.165, 1.54) is 12.1 Å². The molecule has 0 aliphatic rings. The van der Waals surface area contributed by atoms with Crippen molar-refractivity contribution in [2.75, 3.05) is 6.61 Å². The molecule has 6 heteroatoms. The van der Waals surface area contributed by atoms with Crippen LogP contribution in [0.2, 0.25) is 0 Å². The Morgan fingerprint density at radius 3 is 2.56 bits per heavy atom. The molecule has 0 saturated carbocycles. The maximum absolute atomic E-state index is 11.7. The van der Waals surface area contributed by atoms with E-state index in [-0.39, 0.29) is 23.8 Å². The summed E-state index contributed by atoms with van der Waals surface area (Å²) in [5.41, 5.74) is -0.685. The number of hydrogen-bond donors (Lipinski definition) is 0. The van der Waals surface area contributed by atoms with Crippen molar-refractivity contribution >= 4 is 27.4 Å². The molecule has 5 nitrogen and oxygen atoms in total. The lowest BCUT2D eigenvalue weighted by Gasteiger charge is -2.16. The van der Waals surface area contributed by atoms with Crippen LogP contribution in [0.25, 0.3) is 0 Å². The Bertz CT molecular complexity index is 479. The standard InChI is InChI=1S/C12H14BrNO4/c1-12(2,3)11(15)7-18-10-5-4-8(13)6-9(10)14(16)17/h4-6H,7H2,1-3H3. The third kappa shape index (κ3) is 3.80. The number of nitro benzene ring substituents is 1. The Morgan fingerprint density at radius 2 is 2.06 bits per heavy atom. The number of nitro groups is 1. The van der Waals surface area contributed by atoms with Crippen molar-refractivity contribution in [2.45, 2.75) is 20.8 Å². The molecule has 18 heavy (non-hydrogen) atoms. The van der Waals surface area contributed by atoms with Gasteiger partial charge in [-0.15, -0.1) is 0 Å². The number of halogens is 1. The topological polar surface area (TPSA) is 69.4 Å². The number of nitrogens with zero attached hydrogens (tertiary/aromatic N) is 1. The Hall–Kier alpha value is -1.43. The van der Waals surface area contributed by atoms with Gasteiger partial charge in [0.2, 0.25) is 0 Å². The summed E-state index contributed by atoms with van der Waals surface area (Å²) in [6, 6.07) is 4.44. The van der Waals surface area contributed by atoms with Gasteiger partial charge in [0.1, 0.15) is 6.61 Å². The Morgan fingerprint density at radius 1 is 1.44 bits per heavy atom. The van der Waals surface area contributed by atoms with Crippen LogP contribution < -0.4 is 4.74 Å². The SMILES string of the molecule is CC(C)(C)C(=O)COc1ccc(Br)cc1[N+](=O)[O-]. The number of Topliss-reactive ketones (excluding diaryl/α,β-unsaturated/α-hetero) is 1. The van der Waals surface area contributed by atoms with Gasteiger partial charge in [-0.2, -0.15) is 0 Å². The lowest BCUT2D eigenvalue weighted by atomic mass is 9.91. The van der Waals surface area contributed by atoms with Crippen molar-refractivity contribution in [1.29, 1.82) is 0 Å². The van der Waals surface area contributed by atoms with E-state index in [1.54, 1.807) is 26.8 Å². The highest BCUT2D eigenvalue weighted by molar-refractivity contribution is 9.10. The summed E-state index contributed by atoms with van der Waals surface area (Å²) < 4.78 is 5.82. The molecule has 0 amide bonds. The summed E-state index contributed by atoms with van der Waals surface area (Å²) in [5.74, 6) is -0.0134. The minimum absolute atomic E-state index is 0.0980. The number of carbonyl (C=O) groups is 1. The Balaban J connectivity index is 2.86. The molecule has 0 bridgehead atoms. The van der Waals surface area contributed by atoms with E-state index in [4.69, 9.17) is 4.74 Å². The van der Waals surface area contributed by atoms with Gasteiger partial charge in [-0.25, -0.2) is 0 Å². The second kappa shape index (κ2) is 5.48. The van der Waals surface area contributed by atoms with E-state index in [9.17, 15) is 14.9 Å². The number of ketones is 1. The molecule has 0 heterocycles. The molecule has 1 aromatic carbocycles. The fourth-order valence-electron chi connectivity index (χ4n) is 1.12. The predicted octanol–water partition coefficient (Wildman–Crippen LogP) is 3.35. The maximum atomic E-state index is 11.7. The molecule has 0 radical (unpaired) electrons. The zero-order valence-corrected chi connectivity index (χ0v) is 12.0. The van der Waals surface area contributed by atoms with Gasteiger partial charge in [0.15, 0.2) is 11.5 Å². The first kappa shape index (κ1) is 14.6. The molecule has 1 aromatic rings. The van der Waals surface area contributed by atoms with Gasteiger partial charge in [0, 0.05) is 16.0 Å². The van der Waals surface area contributed by atoms with Crippen molar-refractivity contribution in [3.63, 3.8) is 0 Å². The monoisotopic (exact) mass is 315 g/mol. The number of benzene rings is 1. The van der Waals surface area contributed by atoms with Gasteiger partial charge in [0.25, 0.3) is 0 Å². The van der Waals surface area contributed by atoms with Crippen LogP contribution >= 0.6 is 15.9 Å². The predicted molar refractivity (Wildman–Crippen MR) is 70.8 cm³/mol. The molecule has 0 unspecified atom stereocenters.